The van der Waals surface area contributed by atoms with E-state index in [0.29, 0.717) is 18.6 Å². The van der Waals surface area contributed by atoms with Gasteiger partial charge in [-0.05, 0) is 18.6 Å². The molecule has 0 radical (unpaired) electrons. The van der Waals surface area contributed by atoms with Crippen molar-refractivity contribution < 1.29 is 14.4 Å². The first kappa shape index (κ1) is 14.0. The molecule has 1 aliphatic rings. The summed E-state index contributed by atoms with van der Waals surface area (Å²) in [6.45, 7) is 2.05. The average Bonchev–Trinajstić information content (AvgIpc) is 2.25. The summed E-state index contributed by atoms with van der Waals surface area (Å²) in [5, 5.41) is 4.34. The average molecular weight is 258 g/mol. The van der Waals surface area contributed by atoms with E-state index in [-0.39, 0.29) is 0 Å². The Labute approximate surface area is 106 Å². The summed E-state index contributed by atoms with van der Waals surface area (Å²) in [7, 11) is 0. The molecule has 1 fully saturated rings. The van der Waals surface area contributed by atoms with Crippen LogP contribution in [-0.4, -0.2) is 23.6 Å². The van der Waals surface area contributed by atoms with Crippen LogP contribution < -0.4 is 10.6 Å². The number of amides is 4. The van der Waals surface area contributed by atoms with Crippen LogP contribution in [0.1, 0.15) is 39.0 Å². The van der Waals surface area contributed by atoms with Gasteiger partial charge in [0.15, 0.2) is 0 Å². The predicted octanol–water partition coefficient (Wildman–Crippen LogP) is 1.24. The largest absolute Gasteiger partial charge is 0.328 e. The van der Waals surface area contributed by atoms with Crippen LogP contribution in [0, 0.1) is 5.41 Å². The smallest absolute Gasteiger partial charge is 0.277 e. The van der Waals surface area contributed by atoms with Crippen LogP contribution in [-0.2, 0) is 9.59 Å². The van der Waals surface area contributed by atoms with Crippen LogP contribution in [0.3, 0.4) is 0 Å². The molecule has 1 saturated heterocycles. The number of nitrogens with one attached hydrogen (secondary N) is 2. The van der Waals surface area contributed by atoms with Crippen molar-refractivity contribution in [3.8, 4) is 0 Å². The van der Waals surface area contributed by atoms with Crippen LogP contribution >= 0.6 is 12.6 Å². The van der Waals surface area contributed by atoms with E-state index in [0.717, 1.165) is 19.3 Å². The number of imide groups is 2. The molecule has 17 heavy (non-hydrogen) atoms. The van der Waals surface area contributed by atoms with Gasteiger partial charge >= 0.3 is 6.03 Å². The summed E-state index contributed by atoms with van der Waals surface area (Å²) in [6, 6.07) is -0.731. The van der Waals surface area contributed by atoms with E-state index in [4.69, 9.17) is 0 Å². The lowest BCUT2D eigenvalue weighted by Crippen LogP contribution is -2.62. The molecular formula is C11H18N2O3S. The fraction of sp³-hybridized carbons (Fsp3) is 0.727. The number of thiol groups is 1. The Morgan fingerprint density at radius 3 is 2.12 bits per heavy atom. The Morgan fingerprint density at radius 2 is 1.65 bits per heavy atom. The standard InChI is InChI=1S/C11H18N2O3S/c1-2-3-4-5-11(6-7-17)8(14)12-10(16)13-9(11)15/h17H,2-7H2,1H3,(H2,12,13,14,15,16). The predicted molar refractivity (Wildman–Crippen MR) is 66.7 cm³/mol. The van der Waals surface area contributed by atoms with Gasteiger partial charge in [0.2, 0.25) is 11.8 Å². The second kappa shape index (κ2) is 6.05. The summed E-state index contributed by atoms with van der Waals surface area (Å²) >= 11 is 4.09. The van der Waals surface area contributed by atoms with Crippen molar-refractivity contribution in [2.45, 2.75) is 39.0 Å². The van der Waals surface area contributed by atoms with E-state index < -0.39 is 23.3 Å². The van der Waals surface area contributed by atoms with Gasteiger partial charge in [-0.3, -0.25) is 20.2 Å². The van der Waals surface area contributed by atoms with Gasteiger partial charge in [-0.15, -0.1) is 0 Å². The van der Waals surface area contributed by atoms with Crippen LogP contribution in [0.2, 0.25) is 0 Å². The Hall–Kier alpha value is -1.04. The molecule has 0 unspecified atom stereocenters. The molecule has 0 aromatic heterocycles. The minimum Gasteiger partial charge on any atom is -0.277 e. The third-order valence-corrected chi connectivity index (χ3v) is 3.29. The summed E-state index contributed by atoms with van der Waals surface area (Å²) in [6.07, 6.45) is 3.58. The van der Waals surface area contributed by atoms with Gasteiger partial charge in [0.25, 0.3) is 0 Å². The highest BCUT2D eigenvalue weighted by Gasteiger charge is 2.48. The summed E-state index contributed by atoms with van der Waals surface area (Å²) < 4.78 is 0. The molecule has 0 spiro atoms. The van der Waals surface area contributed by atoms with E-state index in [1.54, 1.807) is 0 Å². The van der Waals surface area contributed by atoms with Crippen LogP contribution in [0.25, 0.3) is 0 Å². The van der Waals surface area contributed by atoms with Gasteiger partial charge in [-0.25, -0.2) is 4.79 Å². The molecule has 6 heteroatoms. The zero-order valence-corrected chi connectivity index (χ0v) is 10.8. The quantitative estimate of drug-likeness (QED) is 0.381. The fourth-order valence-corrected chi connectivity index (χ4v) is 2.41. The van der Waals surface area contributed by atoms with Crippen molar-refractivity contribution in [2.75, 3.05) is 5.75 Å². The number of unbranched alkanes of at least 4 members (excludes halogenated alkanes) is 2. The highest BCUT2D eigenvalue weighted by molar-refractivity contribution is 7.80. The molecular weight excluding hydrogens is 240 g/mol. The second-order valence-electron chi connectivity index (χ2n) is 4.25. The first-order chi connectivity index (χ1) is 8.06. The Balaban J connectivity index is 2.83. The topological polar surface area (TPSA) is 75.3 Å². The van der Waals surface area contributed by atoms with E-state index in [2.05, 4.69) is 30.2 Å². The number of hydrogen-bond donors (Lipinski definition) is 3. The summed E-state index contributed by atoms with van der Waals surface area (Å²) in [5.41, 5.74) is -1.12. The van der Waals surface area contributed by atoms with Gasteiger partial charge < -0.3 is 0 Å². The molecule has 4 amide bonds. The third-order valence-electron chi connectivity index (χ3n) is 3.07. The van der Waals surface area contributed by atoms with E-state index in [9.17, 15) is 14.4 Å². The molecule has 0 aromatic carbocycles. The molecule has 0 atom stereocenters. The van der Waals surface area contributed by atoms with Crippen LogP contribution in [0.5, 0.6) is 0 Å². The van der Waals surface area contributed by atoms with Crippen molar-refractivity contribution in [2.24, 2.45) is 5.41 Å². The maximum absolute atomic E-state index is 11.9. The maximum Gasteiger partial charge on any atom is 0.328 e. The van der Waals surface area contributed by atoms with Gasteiger partial charge in [0, 0.05) is 0 Å². The second-order valence-corrected chi connectivity index (χ2v) is 4.70. The zero-order chi connectivity index (χ0) is 12.9. The molecule has 0 bridgehead atoms. The summed E-state index contributed by atoms with van der Waals surface area (Å²) in [4.78, 5) is 34.8. The lowest BCUT2D eigenvalue weighted by molar-refractivity contribution is -0.145. The number of rotatable bonds is 6. The molecule has 1 rings (SSSR count). The maximum atomic E-state index is 11.9. The summed E-state index contributed by atoms with van der Waals surface area (Å²) in [5.74, 6) is -0.547. The molecule has 1 heterocycles. The van der Waals surface area contributed by atoms with Crippen LogP contribution in [0.15, 0.2) is 0 Å². The molecule has 1 aliphatic heterocycles. The Kier molecular flexibility index (Phi) is 4.99. The monoisotopic (exact) mass is 258 g/mol. The van der Waals surface area contributed by atoms with Crippen molar-refractivity contribution in [1.29, 1.82) is 0 Å². The number of hydrogen-bond acceptors (Lipinski definition) is 4. The van der Waals surface area contributed by atoms with E-state index in [1.807, 2.05) is 0 Å². The van der Waals surface area contributed by atoms with Crippen molar-refractivity contribution in [1.82, 2.24) is 10.6 Å². The molecule has 0 aliphatic carbocycles. The van der Waals surface area contributed by atoms with Gasteiger partial charge in [0.05, 0.1) is 0 Å². The van der Waals surface area contributed by atoms with Gasteiger partial charge in [0.1, 0.15) is 5.41 Å². The van der Waals surface area contributed by atoms with E-state index in [1.165, 1.54) is 0 Å². The highest BCUT2D eigenvalue weighted by atomic mass is 32.1. The Bertz CT molecular complexity index is 311. The highest BCUT2D eigenvalue weighted by Crippen LogP contribution is 2.32. The molecule has 2 N–H and O–H groups in total. The van der Waals surface area contributed by atoms with Crippen LogP contribution in [0.4, 0.5) is 4.79 Å². The zero-order valence-electron chi connectivity index (χ0n) is 9.91. The minimum absolute atomic E-state index is 0.352. The SMILES string of the molecule is CCCCCC1(CCS)C(=O)NC(=O)NC1=O. The fourth-order valence-electron chi connectivity index (χ4n) is 2.03. The van der Waals surface area contributed by atoms with Crippen molar-refractivity contribution >= 4 is 30.5 Å². The first-order valence-electron chi connectivity index (χ1n) is 5.84. The molecule has 96 valence electrons. The number of barbiturate groups is 1. The lowest BCUT2D eigenvalue weighted by atomic mass is 9.77. The lowest BCUT2D eigenvalue weighted by Gasteiger charge is -2.33. The number of carbonyl (C=O) groups excluding carboxylic acids is 3. The minimum atomic E-state index is -1.12. The molecule has 0 aromatic rings. The Morgan fingerprint density at radius 1 is 1.06 bits per heavy atom. The number of carbonyl (C=O) groups is 3. The normalized spacial score (nSPS) is 18.8. The third kappa shape index (κ3) is 3.00. The molecule has 0 saturated carbocycles. The molecule has 5 nitrogen and oxygen atoms in total. The number of urea groups is 1. The van der Waals surface area contributed by atoms with Gasteiger partial charge in [-0.1, -0.05) is 26.2 Å². The first-order valence-corrected chi connectivity index (χ1v) is 6.48. The van der Waals surface area contributed by atoms with Crippen molar-refractivity contribution in [3.63, 3.8) is 0 Å². The van der Waals surface area contributed by atoms with Crippen molar-refractivity contribution in [3.05, 3.63) is 0 Å². The van der Waals surface area contributed by atoms with Gasteiger partial charge in [-0.2, -0.15) is 12.6 Å². The van der Waals surface area contributed by atoms with E-state index >= 15 is 0 Å².